The lowest BCUT2D eigenvalue weighted by Crippen LogP contribution is -1.94. The molecule has 0 bridgehead atoms. The lowest BCUT2D eigenvalue weighted by molar-refractivity contribution is 0.306. The standard InChI is InChI=1S/C14H11NO2/c1-2-4-11(5-3-1)9-16-12-6-7-13-14(8-12)17-10-15-13/h1-8,10H,9H2. The van der Waals surface area contributed by atoms with E-state index in [4.69, 9.17) is 9.15 Å². The zero-order valence-corrected chi connectivity index (χ0v) is 9.17. The molecule has 17 heavy (non-hydrogen) atoms. The van der Waals surface area contributed by atoms with Crippen molar-refractivity contribution >= 4 is 11.1 Å². The topological polar surface area (TPSA) is 35.3 Å². The minimum atomic E-state index is 0.556. The second kappa shape index (κ2) is 4.29. The first-order valence-corrected chi connectivity index (χ1v) is 5.42. The van der Waals surface area contributed by atoms with Gasteiger partial charge in [0.25, 0.3) is 0 Å². The first-order valence-electron chi connectivity index (χ1n) is 5.42. The average Bonchev–Trinajstić information content (AvgIpc) is 2.85. The molecule has 0 amide bonds. The van der Waals surface area contributed by atoms with Crippen LogP contribution in [0.2, 0.25) is 0 Å². The van der Waals surface area contributed by atoms with Crippen molar-refractivity contribution in [3.05, 3.63) is 60.5 Å². The van der Waals surface area contributed by atoms with Gasteiger partial charge in [0.2, 0.25) is 0 Å². The van der Waals surface area contributed by atoms with Crippen molar-refractivity contribution in [3.63, 3.8) is 0 Å². The van der Waals surface area contributed by atoms with E-state index in [-0.39, 0.29) is 0 Å². The maximum Gasteiger partial charge on any atom is 0.181 e. The quantitative estimate of drug-likeness (QED) is 0.685. The van der Waals surface area contributed by atoms with E-state index in [0.717, 1.165) is 22.4 Å². The Hall–Kier alpha value is -2.29. The van der Waals surface area contributed by atoms with Crippen LogP contribution in [-0.2, 0) is 6.61 Å². The van der Waals surface area contributed by atoms with E-state index >= 15 is 0 Å². The van der Waals surface area contributed by atoms with Crippen molar-refractivity contribution in [2.45, 2.75) is 6.61 Å². The average molecular weight is 225 g/mol. The third kappa shape index (κ3) is 2.13. The van der Waals surface area contributed by atoms with Crippen molar-refractivity contribution in [3.8, 4) is 5.75 Å². The predicted octanol–water partition coefficient (Wildman–Crippen LogP) is 3.41. The molecule has 3 heteroatoms. The van der Waals surface area contributed by atoms with Gasteiger partial charge in [-0.15, -0.1) is 0 Å². The molecule has 0 aliphatic rings. The lowest BCUT2D eigenvalue weighted by atomic mass is 10.2. The SMILES string of the molecule is c1ccc(COc2ccc3ncoc3c2)cc1. The summed E-state index contributed by atoms with van der Waals surface area (Å²) in [5.74, 6) is 0.790. The van der Waals surface area contributed by atoms with Gasteiger partial charge in [0.05, 0.1) is 0 Å². The highest BCUT2D eigenvalue weighted by Gasteiger charge is 2.01. The largest absolute Gasteiger partial charge is 0.489 e. The van der Waals surface area contributed by atoms with E-state index in [9.17, 15) is 0 Å². The molecule has 0 saturated carbocycles. The summed E-state index contributed by atoms with van der Waals surface area (Å²) in [5, 5.41) is 0. The molecule has 84 valence electrons. The number of fused-ring (bicyclic) bond motifs is 1. The molecule has 0 spiro atoms. The first kappa shape index (κ1) is 9.90. The van der Waals surface area contributed by atoms with Crippen molar-refractivity contribution in [1.29, 1.82) is 0 Å². The Kier molecular flexibility index (Phi) is 2.50. The van der Waals surface area contributed by atoms with Gasteiger partial charge in [-0.2, -0.15) is 0 Å². The summed E-state index contributed by atoms with van der Waals surface area (Å²) in [6, 6.07) is 15.7. The monoisotopic (exact) mass is 225 g/mol. The molecule has 0 atom stereocenters. The summed E-state index contributed by atoms with van der Waals surface area (Å²) in [6.07, 6.45) is 1.44. The van der Waals surface area contributed by atoms with Crippen molar-refractivity contribution in [2.24, 2.45) is 0 Å². The molecule has 0 unspecified atom stereocenters. The van der Waals surface area contributed by atoms with Crippen LogP contribution in [0.3, 0.4) is 0 Å². The number of benzene rings is 2. The molecule has 1 heterocycles. The van der Waals surface area contributed by atoms with Crippen molar-refractivity contribution < 1.29 is 9.15 Å². The zero-order chi connectivity index (χ0) is 11.5. The number of oxazole rings is 1. The van der Waals surface area contributed by atoms with Crippen LogP contribution in [0, 0.1) is 0 Å². The number of hydrogen-bond donors (Lipinski definition) is 0. The van der Waals surface area contributed by atoms with E-state index in [1.807, 2.05) is 48.5 Å². The van der Waals surface area contributed by atoms with E-state index in [1.165, 1.54) is 6.39 Å². The van der Waals surface area contributed by atoms with Crippen LogP contribution < -0.4 is 4.74 Å². The lowest BCUT2D eigenvalue weighted by Gasteiger charge is -2.05. The van der Waals surface area contributed by atoms with E-state index in [0.29, 0.717) is 6.61 Å². The molecule has 0 fully saturated rings. The molecule has 3 nitrogen and oxygen atoms in total. The Balaban J connectivity index is 1.76. The Morgan fingerprint density at radius 3 is 2.82 bits per heavy atom. The minimum absolute atomic E-state index is 0.556. The molecule has 3 aromatic rings. The fourth-order valence-corrected chi connectivity index (χ4v) is 1.67. The van der Waals surface area contributed by atoms with Crippen LogP contribution in [0.4, 0.5) is 0 Å². The van der Waals surface area contributed by atoms with Gasteiger partial charge >= 0.3 is 0 Å². The predicted molar refractivity (Wildman–Crippen MR) is 64.8 cm³/mol. The van der Waals surface area contributed by atoms with Gasteiger partial charge in [-0.3, -0.25) is 0 Å². The number of hydrogen-bond acceptors (Lipinski definition) is 3. The Bertz CT molecular complexity index is 616. The molecule has 0 aliphatic carbocycles. The van der Waals surface area contributed by atoms with Gasteiger partial charge < -0.3 is 9.15 Å². The van der Waals surface area contributed by atoms with E-state index in [2.05, 4.69) is 4.98 Å². The van der Waals surface area contributed by atoms with Gasteiger partial charge in [-0.25, -0.2) is 4.98 Å². The molecule has 3 rings (SSSR count). The fourth-order valence-electron chi connectivity index (χ4n) is 1.67. The third-order valence-corrected chi connectivity index (χ3v) is 2.55. The number of rotatable bonds is 3. The van der Waals surface area contributed by atoms with Crippen LogP contribution in [0.25, 0.3) is 11.1 Å². The summed E-state index contributed by atoms with van der Waals surface area (Å²) in [5.41, 5.74) is 2.73. The molecule has 0 aliphatic heterocycles. The summed E-state index contributed by atoms with van der Waals surface area (Å²) in [6.45, 7) is 0.556. The van der Waals surface area contributed by atoms with Crippen molar-refractivity contribution in [2.75, 3.05) is 0 Å². The Morgan fingerprint density at radius 2 is 1.94 bits per heavy atom. The molecule has 0 radical (unpaired) electrons. The second-order valence-corrected chi connectivity index (χ2v) is 3.76. The van der Waals surface area contributed by atoms with E-state index in [1.54, 1.807) is 0 Å². The number of aromatic nitrogens is 1. The Labute approximate surface area is 98.7 Å². The van der Waals surface area contributed by atoms with Crippen LogP contribution in [0.15, 0.2) is 59.3 Å². The smallest absolute Gasteiger partial charge is 0.181 e. The molecular formula is C14H11NO2. The Morgan fingerprint density at radius 1 is 1.06 bits per heavy atom. The summed E-state index contributed by atoms with van der Waals surface area (Å²) >= 11 is 0. The number of nitrogens with zero attached hydrogens (tertiary/aromatic N) is 1. The maximum absolute atomic E-state index is 5.68. The van der Waals surface area contributed by atoms with Crippen LogP contribution in [0.1, 0.15) is 5.56 Å². The van der Waals surface area contributed by atoms with E-state index < -0.39 is 0 Å². The highest BCUT2D eigenvalue weighted by atomic mass is 16.5. The highest BCUT2D eigenvalue weighted by Crippen LogP contribution is 2.20. The normalized spacial score (nSPS) is 10.6. The van der Waals surface area contributed by atoms with Crippen molar-refractivity contribution in [1.82, 2.24) is 4.98 Å². The zero-order valence-electron chi connectivity index (χ0n) is 9.17. The van der Waals surface area contributed by atoms with Gasteiger partial charge in [-0.1, -0.05) is 30.3 Å². The van der Waals surface area contributed by atoms with Crippen LogP contribution >= 0.6 is 0 Å². The molecule has 1 aromatic heterocycles. The summed E-state index contributed by atoms with van der Waals surface area (Å²) < 4.78 is 10.9. The highest BCUT2D eigenvalue weighted by molar-refractivity contribution is 5.73. The summed E-state index contributed by atoms with van der Waals surface area (Å²) in [4.78, 5) is 4.06. The fraction of sp³-hybridized carbons (Fsp3) is 0.0714. The third-order valence-electron chi connectivity index (χ3n) is 2.55. The van der Waals surface area contributed by atoms with Gasteiger partial charge in [0.15, 0.2) is 12.0 Å². The van der Waals surface area contributed by atoms with Crippen LogP contribution in [0.5, 0.6) is 5.75 Å². The first-order chi connectivity index (χ1) is 8.42. The van der Waals surface area contributed by atoms with Gasteiger partial charge in [0.1, 0.15) is 17.9 Å². The van der Waals surface area contributed by atoms with Crippen LogP contribution in [-0.4, -0.2) is 4.98 Å². The molecule has 0 saturated heterocycles. The van der Waals surface area contributed by atoms with Gasteiger partial charge in [-0.05, 0) is 17.7 Å². The minimum Gasteiger partial charge on any atom is -0.489 e. The number of ether oxygens (including phenoxy) is 1. The molecule has 0 N–H and O–H groups in total. The second-order valence-electron chi connectivity index (χ2n) is 3.76. The molecular weight excluding hydrogens is 214 g/mol. The van der Waals surface area contributed by atoms with Gasteiger partial charge in [0, 0.05) is 6.07 Å². The maximum atomic E-state index is 5.68. The summed E-state index contributed by atoms with van der Waals surface area (Å²) in [7, 11) is 0. The molecule has 2 aromatic carbocycles.